The highest BCUT2D eigenvalue weighted by Crippen LogP contribution is 2.27. The van der Waals surface area contributed by atoms with E-state index in [1.54, 1.807) is 0 Å². The molecule has 0 spiro atoms. The molecule has 0 bridgehead atoms. The Morgan fingerprint density at radius 2 is 1.90 bits per heavy atom. The number of nitrogens with one attached hydrogen (secondary N) is 1. The minimum absolute atomic E-state index is 0.431. The largest absolute Gasteiger partial charge is 0.342 e. The first kappa shape index (κ1) is 12.7. The van der Waals surface area contributed by atoms with Gasteiger partial charge in [-0.3, -0.25) is 0 Å². The summed E-state index contributed by atoms with van der Waals surface area (Å²) in [6.45, 7) is 3.49. The van der Waals surface area contributed by atoms with E-state index >= 15 is 0 Å². The summed E-state index contributed by atoms with van der Waals surface area (Å²) in [4.78, 5) is 9.95. The lowest BCUT2D eigenvalue weighted by atomic mass is 10.2. The number of H-pyrrole nitrogens is 1. The fourth-order valence-electron chi connectivity index (χ4n) is 2.44. The number of nitrogens with zero attached hydrogens (tertiary/aromatic N) is 2. The predicted octanol–water partition coefficient (Wildman–Crippen LogP) is 3.18. The van der Waals surface area contributed by atoms with Crippen molar-refractivity contribution in [3.63, 3.8) is 0 Å². The van der Waals surface area contributed by atoms with Crippen LogP contribution >= 0.6 is 0 Å². The van der Waals surface area contributed by atoms with Crippen LogP contribution in [0.3, 0.4) is 0 Å². The van der Waals surface area contributed by atoms with Crippen molar-refractivity contribution in [3.05, 3.63) is 54.4 Å². The summed E-state index contributed by atoms with van der Waals surface area (Å²) in [6.07, 6.45) is 0. The zero-order valence-electron chi connectivity index (χ0n) is 11.5. The standard InChI is InChI=1S/C16H18N4/c1-2-20(12-6-4-3-5-7-12)13-8-9-14-15(10-13)19-16(11-17)18-14/h3-10H,2,11,17H2,1H3,(H,18,19). The fourth-order valence-corrected chi connectivity index (χ4v) is 2.44. The molecule has 3 N–H and O–H groups in total. The Labute approximate surface area is 118 Å². The molecule has 1 aromatic heterocycles. The van der Waals surface area contributed by atoms with E-state index < -0.39 is 0 Å². The Kier molecular flexibility index (Phi) is 3.39. The second-order valence-corrected chi connectivity index (χ2v) is 4.67. The number of para-hydroxylation sites is 1. The highest BCUT2D eigenvalue weighted by atomic mass is 15.1. The number of nitrogens with two attached hydrogens (primary N) is 1. The fraction of sp³-hybridized carbons (Fsp3) is 0.188. The average Bonchev–Trinajstić information content (AvgIpc) is 2.91. The number of fused-ring (bicyclic) bond motifs is 1. The Morgan fingerprint density at radius 3 is 2.60 bits per heavy atom. The molecule has 3 rings (SSSR count). The van der Waals surface area contributed by atoms with Crippen LogP contribution in [0, 0.1) is 0 Å². The van der Waals surface area contributed by atoms with E-state index in [1.807, 2.05) is 12.1 Å². The van der Waals surface area contributed by atoms with Gasteiger partial charge in [-0.25, -0.2) is 4.98 Å². The molecular weight excluding hydrogens is 248 g/mol. The molecule has 0 amide bonds. The molecule has 3 aromatic rings. The van der Waals surface area contributed by atoms with Crippen LogP contribution in [0.4, 0.5) is 11.4 Å². The number of rotatable bonds is 4. The molecule has 2 aromatic carbocycles. The van der Waals surface area contributed by atoms with Gasteiger partial charge in [-0.15, -0.1) is 0 Å². The molecule has 0 atom stereocenters. The molecule has 4 nitrogen and oxygen atoms in total. The maximum Gasteiger partial charge on any atom is 0.121 e. The minimum Gasteiger partial charge on any atom is -0.342 e. The molecular formula is C16H18N4. The summed E-state index contributed by atoms with van der Waals surface area (Å²) in [5.41, 5.74) is 9.95. The van der Waals surface area contributed by atoms with Crippen LogP contribution in [0.5, 0.6) is 0 Å². The SMILES string of the molecule is CCN(c1ccccc1)c1ccc2nc(CN)[nH]c2c1. The monoisotopic (exact) mass is 266 g/mol. The summed E-state index contributed by atoms with van der Waals surface area (Å²) < 4.78 is 0. The summed E-state index contributed by atoms with van der Waals surface area (Å²) >= 11 is 0. The summed E-state index contributed by atoms with van der Waals surface area (Å²) in [6, 6.07) is 16.6. The van der Waals surface area contributed by atoms with E-state index in [4.69, 9.17) is 5.73 Å². The molecule has 0 radical (unpaired) electrons. The molecule has 0 saturated heterocycles. The van der Waals surface area contributed by atoms with Crippen molar-refractivity contribution in [1.29, 1.82) is 0 Å². The molecule has 0 fully saturated rings. The van der Waals surface area contributed by atoms with Gasteiger partial charge >= 0.3 is 0 Å². The maximum absolute atomic E-state index is 5.62. The second-order valence-electron chi connectivity index (χ2n) is 4.67. The van der Waals surface area contributed by atoms with Gasteiger partial charge in [0.15, 0.2) is 0 Å². The van der Waals surface area contributed by atoms with Crippen molar-refractivity contribution in [1.82, 2.24) is 9.97 Å². The van der Waals surface area contributed by atoms with Crippen LogP contribution < -0.4 is 10.6 Å². The summed E-state index contributed by atoms with van der Waals surface area (Å²) in [5, 5.41) is 0. The smallest absolute Gasteiger partial charge is 0.121 e. The first-order valence-electron chi connectivity index (χ1n) is 6.83. The Bertz CT molecular complexity index is 703. The molecule has 0 unspecified atom stereocenters. The molecule has 0 aliphatic carbocycles. The van der Waals surface area contributed by atoms with E-state index in [0.29, 0.717) is 6.54 Å². The van der Waals surface area contributed by atoms with Crippen molar-refractivity contribution >= 4 is 22.4 Å². The van der Waals surface area contributed by atoms with Crippen LogP contribution in [0.25, 0.3) is 11.0 Å². The average molecular weight is 266 g/mol. The number of benzene rings is 2. The van der Waals surface area contributed by atoms with Crippen LogP contribution in [0.1, 0.15) is 12.7 Å². The molecule has 1 heterocycles. The van der Waals surface area contributed by atoms with Gasteiger partial charge < -0.3 is 15.6 Å². The third-order valence-corrected chi connectivity index (χ3v) is 3.40. The van der Waals surface area contributed by atoms with Gasteiger partial charge in [0.1, 0.15) is 5.82 Å². The van der Waals surface area contributed by atoms with E-state index in [1.165, 1.54) is 5.69 Å². The minimum atomic E-state index is 0.431. The van der Waals surface area contributed by atoms with E-state index in [2.05, 4.69) is 58.2 Å². The van der Waals surface area contributed by atoms with E-state index in [9.17, 15) is 0 Å². The highest BCUT2D eigenvalue weighted by Gasteiger charge is 2.09. The number of anilines is 2. The molecule has 0 aliphatic heterocycles. The second kappa shape index (κ2) is 5.35. The first-order valence-corrected chi connectivity index (χ1v) is 6.83. The van der Waals surface area contributed by atoms with Crippen molar-refractivity contribution in [2.24, 2.45) is 5.73 Å². The van der Waals surface area contributed by atoms with Crippen molar-refractivity contribution in [2.75, 3.05) is 11.4 Å². The first-order chi connectivity index (χ1) is 9.81. The van der Waals surface area contributed by atoms with E-state index in [-0.39, 0.29) is 0 Å². The van der Waals surface area contributed by atoms with Gasteiger partial charge in [0, 0.05) is 17.9 Å². The van der Waals surface area contributed by atoms with Gasteiger partial charge in [0.2, 0.25) is 0 Å². The van der Waals surface area contributed by atoms with Crippen molar-refractivity contribution in [3.8, 4) is 0 Å². The molecule has 0 aliphatic rings. The number of hydrogen-bond donors (Lipinski definition) is 2. The Hall–Kier alpha value is -2.33. The van der Waals surface area contributed by atoms with Gasteiger partial charge in [0.25, 0.3) is 0 Å². The van der Waals surface area contributed by atoms with Crippen molar-refractivity contribution < 1.29 is 0 Å². The van der Waals surface area contributed by atoms with Crippen LogP contribution in [0.2, 0.25) is 0 Å². The normalized spacial score (nSPS) is 10.9. The lowest BCUT2D eigenvalue weighted by Crippen LogP contribution is -2.15. The Balaban J connectivity index is 2.03. The molecule has 102 valence electrons. The lowest BCUT2D eigenvalue weighted by Gasteiger charge is -2.23. The third kappa shape index (κ3) is 2.26. The lowest BCUT2D eigenvalue weighted by molar-refractivity contribution is 0.958. The van der Waals surface area contributed by atoms with Gasteiger partial charge in [-0.2, -0.15) is 0 Å². The highest BCUT2D eigenvalue weighted by molar-refractivity contribution is 5.81. The van der Waals surface area contributed by atoms with Crippen molar-refractivity contribution in [2.45, 2.75) is 13.5 Å². The van der Waals surface area contributed by atoms with Crippen LogP contribution in [-0.2, 0) is 6.54 Å². The van der Waals surface area contributed by atoms with Crippen LogP contribution in [-0.4, -0.2) is 16.5 Å². The van der Waals surface area contributed by atoms with Gasteiger partial charge in [0.05, 0.1) is 17.6 Å². The predicted molar refractivity (Wildman–Crippen MR) is 83.1 cm³/mol. The topological polar surface area (TPSA) is 57.9 Å². The number of aromatic amines is 1. The molecule has 4 heteroatoms. The summed E-state index contributed by atoms with van der Waals surface area (Å²) in [5.74, 6) is 0.819. The molecule has 0 saturated carbocycles. The zero-order valence-corrected chi connectivity index (χ0v) is 11.5. The van der Waals surface area contributed by atoms with Gasteiger partial charge in [-0.1, -0.05) is 18.2 Å². The van der Waals surface area contributed by atoms with Crippen LogP contribution in [0.15, 0.2) is 48.5 Å². The zero-order chi connectivity index (χ0) is 13.9. The van der Waals surface area contributed by atoms with Gasteiger partial charge in [-0.05, 0) is 37.3 Å². The summed E-state index contributed by atoms with van der Waals surface area (Å²) in [7, 11) is 0. The number of hydrogen-bond acceptors (Lipinski definition) is 3. The Morgan fingerprint density at radius 1 is 1.10 bits per heavy atom. The quantitative estimate of drug-likeness (QED) is 0.762. The number of imidazole rings is 1. The molecule has 20 heavy (non-hydrogen) atoms. The maximum atomic E-state index is 5.62. The van der Waals surface area contributed by atoms with E-state index in [0.717, 1.165) is 29.1 Å². The number of aromatic nitrogens is 2. The third-order valence-electron chi connectivity index (χ3n) is 3.40.